The zero-order chi connectivity index (χ0) is 14.0. The summed E-state index contributed by atoms with van der Waals surface area (Å²) in [6.07, 6.45) is 0. The Labute approximate surface area is 113 Å². The van der Waals surface area contributed by atoms with Crippen molar-refractivity contribution in [2.24, 2.45) is 0 Å². The molecule has 0 saturated heterocycles. The van der Waals surface area contributed by atoms with Gasteiger partial charge in [0, 0.05) is 0 Å². The van der Waals surface area contributed by atoms with E-state index in [1.165, 1.54) is 0 Å². The number of aryl methyl sites for hydroxylation is 3. The highest BCUT2D eigenvalue weighted by atomic mass is 16.5. The minimum atomic E-state index is 0.614. The zero-order valence-electron chi connectivity index (χ0n) is 11.3. The van der Waals surface area contributed by atoms with Gasteiger partial charge >= 0.3 is 0 Å². The van der Waals surface area contributed by atoms with Gasteiger partial charge in [-0.25, -0.2) is 0 Å². The van der Waals surface area contributed by atoms with Crippen molar-refractivity contribution in [3.05, 3.63) is 52.6 Å². The van der Waals surface area contributed by atoms with Gasteiger partial charge in [0.25, 0.3) is 0 Å². The highest BCUT2D eigenvalue weighted by molar-refractivity contribution is 5.59. The second-order valence-corrected chi connectivity index (χ2v) is 4.65. The third kappa shape index (κ3) is 2.53. The lowest BCUT2D eigenvalue weighted by molar-refractivity contribution is 0.474. The molecule has 2 rings (SSSR count). The van der Waals surface area contributed by atoms with Crippen molar-refractivity contribution in [1.29, 1.82) is 5.26 Å². The summed E-state index contributed by atoms with van der Waals surface area (Å²) in [7, 11) is 0. The fourth-order valence-corrected chi connectivity index (χ4v) is 2.09. The molecule has 0 fully saturated rings. The molecule has 0 heterocycles. The van der Waals surface area contributed by atoms with E-state index in [1.807, 2.05) is 51.1 Å². The third-order valence-electron chi connectivity index (χ3n) is 3.04. The van der Waals surface area contributed by atoms with Crippen molar-refractivity contribution in [3.63, 3.8) is 0 Å². The molecular formula is C16H16N2O. The molecule has 0 aliphatic heterocycles. The van der Waals surface area contributed by atoms with Crippen molar-refractivity contribution < 1.29 is 4.74 Å². The van der Waals surface area contributed by atoms with E-state index in [9.17, 15) is 0 Å². The number of nitrogens with two attached hydrogens (primary N) is 1. The van der Waals surface area contributed by atoms with Crippen molar-refractivity contribution in [3.8, 4) is 17.6 Å². The maximum Gasteiger partial charge on any atom is 0.153 e. The molecule has 2 N–H and O–H groups in total. The SMILES string of the molecule is Cc1cc(C#N)cc(C)c1Oc1c(C)cccc1N. The van der Waals surface area contributed by atoms with Gasteiger partial charge in [-0.1, -0.05) is 12.1 Å². The van der Waals surface area contributed by atoms with E-state index < -0.39 is 0 Å². The Morgan fingerprint density at radius 3 is 2.16 bits per heavy atom. The largest absolute Gasteiger partial charge is 0.454 e. The molecule has 0 aliphatic rings. The first-order valence-electron chi connectivity index (χ1n) is 6.07. The first-order chi connectivity index (χ1) is 9.02. The van der Waals surface area contributed by atoms with Crippen molar-refractivity contribution in [2.75, 3.05) is 5.73 Å². The standard InChI is InChI=1S/C16H16N2O/c1-10-5-4-6-14(18)16(10)19-15-11(2)7-13(9-17)8-12(15)3/h4-8H,18H2,1-3H3. The lowest BCUT2D eigenvalue weighted by atomic mass is 10.1. The Bertz CT molecular complexity index is 626. The number of anilines is 1. The van der Waals surface area contributed by atoms with Crippen molar-refractivity contribution >= 4 is 5.69 Å². The molecule has 0 saturated carbocycles. The van der Waals surface area contributed by atoms with Crippen LogP contribution in [0.5, 0.6) is 11.5 Å². The molecule has 2 aromatic rings. The molecule has 0 aromatic heterocycles. The summed E-state index contributed by atoms with van der Waals surface area (Å²) < 4.78 is 5.97. The predicted octanol–water partition coefficient (Wildman–Crippen LogP) is 3.86. The van der Waals surface area contributed by atoms with Crippen LogP contribution in [0.25, 0.3) is 0 Å². The number of hydrogen-bond donors (Lipinski definition) is 1. The summed E-state index contributed by atoms with van der Waals surface area (Å²) in [6.45, 7) is 5.81. The molecule has 0 spiro atoms. The van der Waals surface area contributed by atoms with Crippen LogP contribution >= 0.6 is 0 Å². The van der Waals surface area contributed by atoms with Crippen LogP contribution < -0.4 is 10.5 Å². The molecule has 96 valence electrons. The van der Waals surface area contributed by atoms with Crippen LogP contribution in [-0.2, 0) is 0 Å². The minimum absolute atomic E-state index is 0.614. The van der Waals surface area contributed by atoms with Gasteiger partial charge in [0.2, 0.25) is 0 Å². The third-order valence-corrected chi connectivity index (χ3v) is 3.04. The van der Waals surface area contributed by atoms with Gasteiger partial charge in [-0.2, -0.15) is 5.26 Å². The van der Waals surface area contributed by atoms with Gasteiger partial charge in [-0.15, -0.1) is 0 Å². The van der Waals surface area contributed by atoms with E-state index in [4.69, 9.17) is 15.7 Å². The number of para-hydroxylation sites is 1. The summed E-state index contributed by atoms with van der Waals surface area (Å²) in [5.74, 6) is 1.44. The van der Waals surface area contributed by atoms with Crippen molar-refractivity contribution in [1.82, 2.24) is 0 Å². The van der Waals surface area contributed by atoms with E-state index in [1.54, 1.807) is 0 Å². The number of nitriles is 1. The van der Waals surface area contributed by atoms with Gasteiger partial charge in [0.1, 0.15) is 5.75 Å². The monoisotopic (exact) mass is 252 g/mol. The van der Waals surface area contributed by atoms with Crippen LogP contribution in [0.4, 0.5) is 5.69 Å². The second kappa shape index (κ2) is 5.03. The Kier molecular flexibility index (Phi) is 3.43. The molecule has 3 heteroatoms. The van der Waals surface area contributed by atoms with Gasteiger partial charge in [0.05, 0.1) is 17.3 Å². The van der Waals surface area contributed by atoms with Crippen LogP contribution in [0.3, 0.4) is 0 Å². The zero-order valence-corrected chi connectivity index (χ0v) is 11.3. The first-order valence-corrected chi connectivity index (χ1v) is 6.07. The molecule has 2 aromatic carbocycles. The lowest BCUT2D eigenvalue weighted by Gasteiger charge is -2.15. The molecule has 3 nitrogen and oxygen atoms in total. The Hall–Kier alpha value is -2.47. The van der Waals surface area contributed by atoms with Crippen LogP contribution in [0.2, 0.25) is 0 Å². The smallest absolute Gasteiger partial charge is 0.153 e. The molecule has 0 bridgehead atoms. The van der Waals surface area contributed by atoms with Gasteiger partial charge in [-0.05, 0) is 55.7 Å². The molecule has 0 atom stereocenters. The topological polar surface area (TPSA) is 59.0 Å². The number of rotatable bonds is 2. The average Bonchev–Trinajstić information content (AvgIpc) is 2.36. The van der Waals surface area contributed by atoms with Gasteiger partial charge in [0.15, 0.2) is 5.75 Å². The highest BCUT2D eigenvalue weighted by Crippen LogP contribution is 2.34. The van der Waals surface area contributed by atoms with E-state index in [-0.39, 0.29) is 0 Å². The number of ether oxygens (including phenoxy) is 1. The number of benzene rings is 2. The second-order valence-electron chi connectivity index (χ2n) is 4.65. The molecule has 19 heavy (non-hydrogen) atoms. The maximum atomic E-state index is 8.94. The summed E-state index contributed by atoms with van der Waals surface area (Å²) in [5.41, 5.74) is 10.0. The summed E-state index contributed by atoms with van der Waals surface area (Å²) in [4.78, 5) is 0. The summed E-state index contributed by atoms with van der Waals surface area (Å²) >= 11 is 0. The number of nitrogen functional groups attached to an aromatic ring is 1. The molecule has 0 radical (unpaired) electrons. The van der Waals surface area contributed by atoms with Crippen LogP contribution in [0.15, 0.2) is 30.3 Å². The Morgan fingerprint density at radius 2 is 1.63 bits per heavy atom. The Morgan fingerprint density at radius 1 is 1.00 bits per heavy atom. The molecular weight excluding hydrogens is 236 g/mol. The molecule has 0 unspecified atom stereocenters. The fraction of sp³-hybridized carbons (Fsp3) is 0.188. The van der Waals surface area contributed by atoms with Crippen molar-refractivity contribution in [2.45, 2.75) is 20.8 Å². The van der Waals surface area contributed by atoms with Gasteiger partial charge in [-0.3, -0.25) is 0 Å². The van der Waals surface area contributed by atoms with E-state index in [2.05, 4.69) is 6.07 Å². The van der Waals surface area contributed by atoms with Gasteiger partial charge < -0.3 is 10.5 Å². The predicted molar refractivity (Wildman–Crippen MR) is 76.3 cm³/mol. The van der Waals surface area contributed by atoms with E-state index in [0.717, 1.165) is 22.4 Å². The van der Waals surface area contributed by atoms with E-state index >= 15 is 0 Å². The van der Waals surface area contributed by atoms with Crippen LogP contribution in [-0.4, -0.2) is 0 Å². The van der Waals surface area contributed by atoms with Crippen LogP contribution in [0.1, 0.15) is 22.3 Å². The van der Waals surface area contributed by atoms with E-state index in [0.29, 0.717) is 17.0 Å². The number of nitrogens with zero attached hydrogens (tertiary/aromatic N) is 1. The molecule has 0 aliphatic carbocycles. The quantitative estimate of drug-likeness (QED) is 0.826. The summed E-state index contributed by atoms with van der Waals surface area (Å²) in [6, 6.07) is 11.4. The normalized spacial score (nSPS) is 10.0. The molecule has 0 amide bonds. The number of hydrogen-bond acceptors (Lipinski definition) is 3. The maximum absolute atomic E-state index is 8.94. The minimum Gasteiger partial charge on any atom is -0.454 e. The average molecular weight is 252 g/mol. The fourth-order valence-electron chi connectivity index (χ4n) is 2.09. The lowest BCUT2D eigenvalue weighted by Crippen LogP contribution is -1.98. The van der Waals surface area contributed by atoms with Crippen LogP contribution in [0, 0.1) is 32.1 Å². The highest BCUT2D eigenvalue weighted by Gasteiger charge is 2.11. The first kappa shape index (κ1) is 13.0. The summed E-state index contributed by atoms with van der Waals surface area (Å²) in [5, 5.41) is 8.94. The Balaban J connectivity index is 2.48.